The van der Waals surface area contributed by atoms with Gasteiger partial charge in [-0.05, 0) is 30.7 Å². The Morgan fingerprint density at radius 3 is 2.35 bits per heavy atom. The van der Waals surface area contributed by atoms with Crippen LogP contribution in [-0.4, -0.2) is 32.2 Å². The van der Waals surface area contributed by atoms with Gasteiger partial charge in [0.05, 0.1) is 11.0 Å². The maximum absolute atomic E-state index is 11.8. The lowest BCUT2D eigenvalue weighted by Crippen LogP contribution is -2.56. The van der Waals surface area contributed by atoms with Crippen molar-refractivity contribution in [1.29, 1.82) is 0 Å². The van der Waals surface area contributed by atoms with E-state index in [2.05, 4.69) is 10.0 Å². The molecule has 1 aliphatic carbocycles. The van der Waals surface area contributed by atoms with Crippen LogP contribution in [0.15, 0.2) is 29.2 Å². The summed E-state index contributed by atoms with van der Waals surface area (Å²) in [6, 6.07) is 6.88. The monoisotopic (exact) mass is 298 g/mol. The molecule has 0 saturated heterocycles. The van der Waals surface area contributed by atoms with Crippen LogP contribution < -0.4 is 10.0 Å². The van der Waals surface area contributed by atoms with Crippen molar-refractivity contribution in [2.45, 2.75) is 44.2 Å². The van der Waals surface area contributed by atoms with Gasteiger partial charge in [0, 0.05) is 23.7 Å². The minimum absolute atomic E-state index is 0.158. The Kier molecular flexibility index (Phi) is 4.09. The molecule has 1 aliphatic rings. The van der Waals surface area contributed by atoms with Gasteiger partial charge in [-0.15, -0.1) is 0 Å². The van der Waals surface area contributed by atoms with E-state index in [1.807, 2.05) is 13.8 Å². The van der Waals surface area contributed by atoms with E-state index in [1.165, 1.54) is 0 Å². The highest BCUT2D eigenvalue weighted by Gasteiger charge is 2.47. The molecule has 0 amide bonds. The summed E-state index contributed by atoms with van der Waals surface area (Å²) >= 11 is 0. The summed E-state index contributed by atoms with van der Waals surface area (Å²) in [5, 5.41) is 13.0. The predicted molar refractivity (Wildman–Crippen MR) is 79.1 cm³/mol. The van der Waals surface area contributed by atoms with Crippen molar-refractivity contribution in [2.24, 2.45) is 5.41 Å². The first-order chi connectivity index (χ1) is 9.27. The van der Waals surface area contributed by atoms with E-state index < -0.39 is 10.0 Å². The number of benzene rings is 1. The van der Waals surface area contributed by atoms with E-state index in [-0.39, 0.29) is 22.5 Å². The van der Waals surface area contributed by atoms with Crippen LogP contribution in [0.4, 0.5) is 5.69 Å². The highest BCUT2D eigenvalue weighted by Crippen LogP contribution is 2.42. The van der Waals surface area contributed by atoms with Crippen molar-refractivity contribution in [2.75, 3.05) is 11.9 Å². The Hall–Kier alpha value is -1.11. The van der Waals surface area contributed by atoms with Crippen molar-refractivity contribution in [3.05, 3.63) is 24.3 Å². The molecule has 0 aromatic heterocycles. The van der Waals surface area contributed by atoms with Crippen molar-refractivity contribution < 1.29 is 13.5 Å². The van der Waals surface area contributed by atoms with Gasteiger partial charge in [-0.2, -0.15) is 0 Å². The number of anilines is 1. The van der Waals surface area contributed by atoms with E-state index in [0.717, 1.165) is 5.69 Å². The van der Waals surface area contributed by atoms with Gasteiger partial charge in [-0.3, -0.25) is 0 Å². The van der Waals surface area contributed by atoms with Crippen molar-refractivity contribution in [3.63, 3.8) is 0 Å². The van der Waals surface area contributed by atoms with Crippen molar-refractivity contribution in [3.8, 4) is 0 Å². The normalized spacial score (nSPS) is 25.0. The molecular formula is C14H22N2O3S. The van der Waals surface area contributed by atoms with Crippen LogP contribution in [0.2, 0.25) is 0 Å². The van der Waals surface area contributed by atoms with Gasteiger partial charge >= 0.3 is 0 Å². The summed E-state index contributed by atoms with van der Waals surface area (Å²) in [6.45, 7) is 6.15. The Bertz CT molecular complexity index is 567. The lowest BCUT2D eigenvalue weighted by molar-refractivity contribution is -0.0510. The fourth-order valence-corrected chi connectivity index (χ4v) is 3.39. The third-order valence-electron chi connectivity index (χ3n) is 4.06. The maximum atomic E-state index is 11.8. The zero-order valence-corrected chi connectivity index (χ0v) is 12.9. The topological polar surface area (TPSA) is 78.4 Å². The minimum atomic E-state index is -3.40. The molecule has 0 spiro atoms. The van der Waals surface area contributed by atoms with Crippen LogP contribution in [0, 0.1) is 5.41 Å². The molecule has 2 rings (SSSR count). The molecule has 1 saturated carbocycles. The SMILES string of the molecule is CCNS(=O)(=O)c1ccc(NC2CC(O)C2(C)C)cc1. The number of hydrogen-bond acceptors (Lipinski definition) is 4. The molecule has 1 aromatic rings. The second-order valence-electron chi connectivity index (χ2n) is 5.80. The number of nitrogens with one attached hydrogen (secondary N) is 2. The molecule has 0 bridgehead atoms. The third-order valence-corrected chi connectivity index (χ3v) is 5.62. The molecular weight excluding hydrogens is 276 g/mol. The Morgan fingerprint density at radius 2 is 1.90 bits per heavy atom. The molecule has 3 N–H and O–H groups in total. The summed E-state index contributed by atoms with van der Waals surface area (Å²) in [6.07, 6.45) is 0.429. The van der Waals surface area contributed by atoms with Gasteiger partial charge < -0.3 is 10.4 Å². The summed E-state index contributed by atoms with van der Waals surface area (Å²) in [7, 11) is -3.40. The summed E-state index contributed by atoms with van der Waals surface area (Å²) in [4.78, 5) is 0.262. The van der Waals surface area contributed by atoms with E-state index in [4.69, 9.17) is 0 Å². The van der Waals surface area contributed by atoms with E-state index in [0.29, 0.717) is 13.0 Å². The van der Waals surface area contributed by atoms with Gasteiger partial charge in [-0.1, -0.05) is 20.8 Å². The minimum Gasteiger partial charge on any atom is -0.392 e. The van der Waals surface area contributed by atoms with Crippen molar-refractivity contribution >= 4 is 15.7 Å². The first kappa shape index (κ1) is 15.3. The standard InChI is InChI=1S/C14H22N2O3S/c1-4-15-20(18,19)11-7-5-10(6-8-11)16-12-9-13(17)14(12,2)3/h5-8,12-13,15-17H,4,9H2,1-3H3. The lowest BCUT2D eigenvalue weighted by Gasteiger charge is -2.49. The zero-order valence-electron chi connectivity index (χ0n) is 12.1. The molecule has 0 heterocycles. The van der Waals surface area contributed by atoms with E-state index >= 15 is 0 Å². The van der Waals surface area contributed by atoms with Crippen LogP contribution in [0.1, 0.15) is 27.2 Å². The fourth-order valence-electron chi connectivity index (χ4n) is 2.35. The highest BCUT2D eigenvalue weighted by atomic mass is 32.2. The average Bonchev–Trinajstić information content (AvgIpc) is 2.39. The first-order valence-corrected chi connectivity index (χ1v) is 8.30. The molecule has 6 heteroatoms. The van der Waals surface area contributed by atoms with Gasteiger partial charge in [0.2, 0.25) is 10.0 Å². The highest BCUT2D eigenvalue weighted by molar-refractivity contribution is 7.89. The second-order valence-corrected chi connectivity index (χ2v) is 7.56. The molecule has 112 valence electrons. The number of sulfonamides is 1. The first-order valence-electron chi connectivity index (χ1n) is 6.81. The van der Waals surface area contributed by atoms with E-state index in [9.17, 15) is 13.5 Å². The third kappa shape index (κ3) is 2.82. The molecule has 20 heavy (non-hydrogen) atoms. The largest absolute Gasteiger partial charge is 0.392 e. The summed E-state index contributed by atoms with van der Waals surface area (Å²) in [5.74, 6) is 0. The van der Waals surface area contributed by atoms with Crippen LogP contribution in [0.3, 0.4) is 0 Å². The predicted octanol–water partition coefficient (Wildman–Crippen LogP) is 1.56. The summed E-state index contributed by atoms with van der Waals surface area (Å²) in [5.41, 5.74) is 0.708. The zero-order chi connectivity index (χ0) is 15.0. The van der Waals surface area contributed by atoms with E-state index in [1.54, 1.807) is 31.2 Å². The van der Waals surface area contributed by atoms with Gasteiger partial charge in [0.1, 0.15) is 0 Å². The molecule has 0 aliphatic heterocycles. The molecule has 1 fully saturated rings. The Morgan fingerprint density at radius 1 is 1.30 bits per heavy atom. The van der Waals surface area contributed by atoms with Gasteiger partial charge in [0.25, 0.3) is 0 Å². The van der Waals surface area contributed by atoms with Crippen LogP contribution >= 0.6 is 0 Å². The maximum Gasteiger partial charge on any atom is 0.240 e. The van der Waals surface area contributed by atoms with Gasteiger partial charge in [-0.25, -0.2) is 13.1 Å². The number of hydrogen-bond donors (Lipinski definition) is 3. The van der Waals surface area contributed by atoms with Crippen LogP contribution in [-0.2, 0) is 10.0 Å². The van der Waals surface area contributed by atoms with Gasteiger partial charge in [0.15, 0.2) is 0 Å². The average molecular weight is 298 g/mol. The molecule has 2 unspecified atom stereocenters. The summed E-state index contributed by atoms with van der Waals surface area (Å²) < 4.78 is 26.1. The smallest absolute Gasteiger partial charge is 0.240 e. The fraction of sp³-hybridized carbons (Fsp3) is 0.571. The number of aliphatic hydroxyl groups excluding tert-OH is 1. The van der Waals surface area contributed by atoms with Crippen LogP contribution in [0.25, 0.3) is 0 Å². The molecule has 1 aromatic carbocycles. The number of rotatable bonds is 5. The number of aliphatic hydroxyl groups is 1. The lowest BCUT2D eigenvalue weighted by atomic mass is 9.64. The molecule has 2 atom stereocenters. The Labute approximate surface area is 120 Å². The van der Waals surface area contributed by atoms with Crippen molar-refractivity contribution in [1.82, 2.24) is 4.72 Å². The molecule has 0 radical (unpaired) electrons. The van der Waals surface area contributed by atoms with Crippen LogP contribution in [0.5, 0.6) is 0 Å². The Balaban J connectivity index is 2.07. The molecule has 5 nitrogen and oxygen atoms in total. The second kappa shape index (κ2) is 5.35. The quantitative estimate of drug-likeness (QED) is 0.771.